The van der Waals surface area contributed by atoms with Crippen LogP contribution in [0.5, 0.6) is 0 Å². The van der Waals surface area contributed by atoms with Crippen LogP contribution in [-0.2, 0) is 32.0 Å². The molecule has 2 fully saturated rings. The molecule has 3 heterocycles. The van der Waals surface area contributed by atoms with Gasteiger partial charge in [0.05, 0.1) is 12.4 Å². The van der Waals surface area contributed by atoms with Crippen LogP contribution < -0.4 is 16.0 Å². The lowest BCUT2D eigenvalue weighted by molar-refractivity contribution is -0.143. The van der Waals surface area contributed by atoms with Gasteiger partial charge in [0.2, 0.25) is 17.7 Å². The molecular weight excluding hydrogens is 464 g/mol. The standard InChI is InChI=1S/C25H32N6O5/c32-22(30-20(25(35)36)12-16-6-2-1-3-7-16)19(13-17-14-26-15-28-17)29-23(33)21-9-5-11-31(21)24(34)18-8-4-10-27-18/h1-3,6-7,14-15,18-21,27H,4-5,8-13H2,(H,26,28)(H,29,33)(H,30,32)(H,35,36). The van der Waals surface area contributed by atoms with Crippen molar-refractivity contribution in [2.45, 2.75) is 62.7 Å². The third-order valence-electron chi connectivity index (χ3n) is 6.71. The normalized spacial score (nSPS) is 21.1. The van der Waals surface area contributed by atoms with Crippen molar-refractivity contribution < 1.29 is 24.3 Å². The molecule has 36 heavy (non-hydrogen) atoms. The second-order valence-corrected chi connectivity index (χ2v) is 9.27. The van der Waals surface area contributed by atoms with E-state index in [4.69, 9.17) is 0 Å². The summed E-state index contributed by atoms with van der Waals surface area (Å²) in [6.07, 6.45) is 6.08. The molecule has 2 aromatic rings. The van der Waals surface area contributed by atoms with Crippen molar-refractivity contribution in [1.82, 2.24) is 30.8 Å². The van der Waals surface area contributed by atoms with E-state index in [1.165, 1.54) is 6.33 Å². The maximum absolute atomic E-state index is 13.3. The summed E-state index contributed by atoms with van der Waals surface area (Å²) in [5.41, 5.74) is 1.37. The van der Waals surface area contributed by atoms with Crippen LogP contribution in [-0.4, -0.2) is 80.9 Å². The average molecular weight is 497 g/mol. The van der Waals surface area contributed by atoms with Gasteiger partial charge in [0.25, 0.3) is 0 Å². The first-order valence-electron chi connectivity index (χ1n) is 12.3. The predicted molar refractivity (Wildman–Crippen MR) is 130 cm³/mol. The minimum atomic E-state index is -1.17. The molecule has 11 nitrogen and oxygen atoms in total. The van der Waals surface area contributed by atoms with E-state index in [1.54, 1.807) is 35.4 Å². The fourth-order valence-electron chi connectivity index (χ4n) is 4.81. The summed E-state index contributed by atoms with van der Waals surface area (Å²) in [4.78, 5) is 59.8. The molecule has 11 heteroatoms. The van der Waals surface area contributed by atoms with Crippen LogP contribution in [0.1, 0.15) is 36.9 Å². The highest BCUT2D eigenvalue weighted by Gasteiger charge is 2.39. The Hall–Kier alpha value is -3.73. The number of aliphatic carboxylic acids is 1. The summed E-state index contributed by atoms with van der Waals surface area (Å²) < 4.78 is 0. The van der Waals surface area contributed by atoms with Crippen LogP contribution in [0, 0.1) is 0 Å². The van der Waals surface area contributed by atoms with Crippen LogP contribution in [0.4, 0.5) is 0 Å². The number of hydrogen-bond acceptors (Lipinski definition) is 6. The fraction of sp³-hybridized carbons (Fsp3) is 0.480. The van der Waals surface area contributed by atoms with Crippen molar-refractivity contribution in [2.24, 2.45) is 0 Å². The van der Waals surface area contributed by atoms with E-state index in [0.29, 0.717) is 25.1 Å². The van der Waals surface area contributed by atoms with Crippen molar-refractivity contribution in [1.29, 1.82) is 0 Å². The second-order valence-electron chi connectivity index (χ2n) is 9.27. The quantitative estimate of drug-likeness (QED) is 0.310. The average Bonchev–Trinajstić information content (AvgIpc) is 3.66. The van der Waals surface area contributed by atoms with Gasteiger partial charge >= 0.3 is 5.97 Å². The Balaban J connectivity index is 1.46. The summed E-state index contributed by atoms with van der Waals surface area (Å²) in [5, 5.41) is 18.2. The lowest BCUT2D eigenvalue weighted by atomic mass is 10.0. The lowest BCUT2D eigenvalue weighted by Crippen LogP contribution is -2.57. The number of carboxylic acid groups (broad SMARTS) is 1. The number of rotatable bonds is 10. The number of amides is 3. The first-order valence-corrected chi connectivity index (χ1v) is 12.3. The monoisotopic (exact) mass is 496 g/mol. The number of benzene rings is 1. The van der Waals surface area contributed by atoms with Gasteiger partial charge in [-0.3, -0.25) is 14.4 Å². The Morgan fingerprint density at radius 1 is 1.06 bits per heavy atom. The number of aromatic amines is 1. The van der Waals surface area contributed by atoms with E-state index in [0.717, 1.165) is 24.9 Å². The van der Waals surface area contributed by atoms with Gasteiger partial charge in [-0.25, -0.2) is 9.78 Å². The van der Waals surface area contributed by atoms with Gasteiger partial charge < -0.3 is 30.9 Å². The molecule has 1 aromatic carbocycles. The number of nitrogens with one attached hydrogen (secondary N) is 4. The minimum Gasteiger partial charge on any atom is -0.480 e. The van der Waals surface area contributed by atoms with Crippen LogP contribution in [0.2, 0.25) is 0 Å². The highest BCUT2D eigenvalue weighted by molar-refractivity contribution is 5.94. The lowest BCUT2D eigenvalue weighted by Gasteiger charge is -2.28. The Morgan fingerprint density at radius 2 is 1.86 bits per heavy atom. The van der Waals surface area contributed by atoms with E-state index in [1.807, 2.05) is 6.07 Å². The van der Waals surface area contributed by atoms with Crippen LogP contribution in [0.3, 0.4) is 0 Å². The molecule has 4 atom stereocenters. The van der Waals surface area contributed by atoms with Gasteiger partial charge in [0.1, 0.15) is 18.1 Å². The first kappa shape index (κ1) is 25.4. The molecule has 2 aliphatic heterocycles. The maximum atomic E-state index is 13.3. The van der Waals surface area contributed by atoms with Crippen molar-refractivity contribution in [3.63, 3.8) is 0 Å². The first-order chi connectivity index (χ1) is 17.4. The van der Waals surface area contributed by atoms with Crippen molar-refractivity contribution in [3.8, 4) is 0 Å². The zero-order valence-corrected chi connectivity index (χ0v) is 20.0. The van der Waals surface area contributed by atoms with Gasteiger partial charge in [-0.15, -0.1) is 0 Å². The van der Waals surface area contributed by atoms with Crippen molar-refractivity contribution in [2.75, 3.05) is 13.1 Å². The summed E-state index contributed by atoms with van der Waals surface area (Å²) in [6.45, 7) is 1.27. The van der Waals surface area contributed by atoms with Crippen LogP contribution >= 0.6 is 0 Å². The predicted octanol–water partition coefficient (Wildman–Crippen LogP) is -0.00790. The van der Waals surface area contributed by atoms with E-state index < -0.39 is 35.9 Å². The molecule has 3 amide bonds. The number of hydrogen-bond donors (Lipinski definition) is 5. The van der Waals surface area contributed by atoms with Gasteiger partial charge in [-0.1, -0.05) is 30.3 Å². The number of carbonyl (C=O) groups is 4. The molecule has 192 valence electrons. The topological polar surface area (TPSA) is 157 Å². The van der Waals surface area contributed by atoms with Gasteiger partial charge in [-0.05, 0) is 37.8 Å². The Morgan fingerprint density at radius 3 is 2.53 bits per heavy atom. The second kappa shape index (κ2) is 11.8. The molecule has 2 aliphatic rings. The van der Waals surface area contributed by atoms with Gasteiger partial charge in [-0.2, -0.15) is 0 Å². The number of H-pyrrole nitrogens is 1. The Kier molecular flexibility index (Phi) is 8.32. The SMILES string of the molecule is O=C(O)C(Cc1ccccc1)NC(=O)C(Cc1cnc[nH]1)NC(=O)C1CCCN1C(=O)C1CCCN1. The summed E-state index contributed by atoms with van der Waals surface area (Å²) >= 11 is 0. The molecule has 5 N–H and O–H groups in total. The van der Waals surface area contributed by atoms with E-state index in [2.05, 4.69) is 25.9 Å². The van der Waals surface area contributed by atoms with Crippen LogP contribution in [0.25, 0.3) is 0 Å². The van der Waals surface area contributed by atoms with Gasteiger partial charge in [0, 0.05) is 31.3 Å². The number of nitrogens with zero attached hydrogens (tertiary/aromatic N) is 2. The molecule has 0 radical (unpaired) electrons. The van der Waals surface area contributed by atoms with Gasteiger partial charge in [0.15, 0.2) is 0 Å². The number of likely N-dealkylation sites (tertiary alicyclic amines) is 1. The third kappa shape index (κ3) is 6.28. The highest BCUT2D eigenvalue weighted by Crippen LogP contribution is 2.21. The zero-order valence-electron chi connectivity index (χ0n) is 20.0. The maximum Gasteiger partial charge on any atom is 0.326 e. The number of carboxylic acids is 1. The molecule has 0 bridgehead atoms. The third-order valence-corrected chi connectivity index (χ3v) is 6.71. The Labute approximate surface area is 209 Å². The molecule has 4 rings (SSSR count). The summed E-state index contributed by atoms with van der Waals surface area (Å²) in [6, 6.07) is 5.84. The van der Waals surface area contributed by atoms with E-state index in [-0.39, 0.29) is 24.8 Å². The molecule has 2 saturated heterocycles. The summed E-state index contributed by atoms with van der Waals surface area (Å²) in [7, 11) is 0. The van der Waals surface area contributed by atoms with Crippen molar-refractivity contribution >= 4 is 23.7 Å². The number of carbonyl (C=O) groups excluding carboxylic acids is 3. The molecule has 4 unspecified atom stereocenters. The van der Waals surface area contributed by atoms with Crippen molar-refractivity contribution in [3.05, 3.63) is 54.1 Å². The molecule has 0 aliphatic carbocycles. The number of aromatic nitrogens is 2. The number of imidazole rings is 1. The molecular formula is C25H32N6O5. The minimum absolute atomic E-state index is 0.0893. The van der Waals surface area contributed by atoms with E-state index >= 15 is 0 Å². The zero-order chi connectivity index (χ0) is 25.5. The Bertz CT molecular complexity index is 1050. The highest BCUT2D eigenvalue weighted by atomic mass is 16.4. The molecule has 0 spiro atoms. The van der Waals surface area contributed by atoms with E-state index in [9.17, 15) is 24.3 Å². The fourth-order valence-corrected chi connectivity index (χ4v) is 4.81. The summed E-state index contributed by atoms with van der Waals surface area (Å²) in [5.74, 6) is -2.30. The largest absolute Gasteiger partial charge is 0.480 e. The smallest absolute Gasteiger partial charge is 0.326 e. The van der Waals surface area contributed by atoms with Crippen LogP contribution in [0.15, 0.2) is 42.9 Å². The molecule has 1 aromatic heterocycles. The molecule has 0 saturated carbocycles.